The van der Waals surface area contributed by atoms with E-state index in [2.05, 4.69) is 0 Å². The molecular weight excluding hydrogens is 342 g/mol. The Morgan fingerprint density at radius 3 is 2.78 bits per heavy atom. The molecule has 3 atom stereocenters. The maximum atomic E-state index is 13.3. The molecule has 2 heterocycles. The van der Waals surface area contributed by atoms with Crippen LogP contribution in [0.5, 0.6) is 0 Å². The van der Waals surface area contributed by atoms with Crippen molar-refractivity contribution in [3.05, 3.63) is 47.7 Å². The topological polar surface area (TPSA) is 51.9 Å². The minimum atomic E-state index is -0.236. The van der Waals surface area contributed by atoms with Crippen LogP contribution in [-0.4, -0.2) is 49.3 Å². The van der Waals surface area contributed by atoms with Crippen LogP contribution in [-0.2, 0) is 9.47 Å². The fourth-order valence-corrected chi connectivity index (χ4v) is 4.68. The molecular formula is C22H27NO4. The highest BCUT2D eigenvalue weighted by Crippen LogP contribution is 2.43. The first-order valence-corrected chi connectivity index (χ1v) is 9.62. The summed E-state index contributed by atoms with van der Waals surface area (Å²) in [7, 11) is 3.52. The van der Waals surface area contributed by atoms with E-state index in [1.165, 1.54) is 0 Å². The third-order valence-electron chi connectivity index (χ3n) is 6.27. The van der Waals surface area contributed by atoms with Crippen molar-refractivity contribution in [2.75, 3.05) is 20.8 Å². The summed E-state index contributed by atoms with van der Waals surface area (Å²) in [6.45, 7) is 2.64. The lowest BCUT2D eigenvalue weighted by Gasteiger charge is -2.43. The first-order chi connectivity index (χ1) is 13.1. The van der Waals surface area contributed by atoms with Crippen molar-refractivity contribution in [2.45, 2.75) is 50.4 Å². The highest BCUT2D eigenvalue weighted by molar-refractivity contribution is 5.96. The van der Waals surface area contributed by atoms with Crippen molar-refractivity contribution in [1.82, 2.24) is 4.90 Å². The molecule has 144 valence electrons. The van der Waals surface area contributed by atoms with Crippen molar-refractivity contribution in [3.8, 4) is 11.3 Å². The Bertz CT molecular complexity index is 829. The summed E-state index contributed by atoms with van der Waals surface area (Å²) in [5.74, 6) is 1.70. The van der Waals surface area contributed by atoms with Gasteiger partial charge in [-0.3, -0.25) is 4.79 Å². The highest BCUT2D eigenvalue weighted by Gasteiger charge is 2.52. The lowest BCUT2D eigenvalue weighted by molar-refractivity contribution is -0.0893. The number of ether oxygens (including phenoxy) is 2. The third kappa shape index (κ3) is 3.19. The molecule has 1 aromatic carbocycles. The average molecular weight is 369 g/mol. The fraction of sp³-hybridized carbons (Fsp3) is 0.500. The van der Waals surface area contributed by atoms with E-state index in [1.807, 2.05) is 48.2 Å². The molecule has 4 rings (SSSR count). The Balaban J connectivity index is 1.61. The quantitative estimate of drug-likeness (QED) is 0.816. The lowest BCUT2D eigenvalue weighted by Crippen LogP contribution is -2.53. The summed E-state index contributed by atoms with van der Waals surface area (Å²) in [5.41, 5.74) is 1.37. The van der Waals surface area contributed by atoms with Gasteiger partial charge < -0.3 is 18.8 Å². The number of furan rings is 1. The summed E-state index contributed by atoms with van der Waals surface area (Å²) >= 11 is 0. The number of carbonyl (C=O) groups excluding carboxylic acids is 1. The minimum Gasteiger partial charge on any atom is -0.461 e. The molecule has 1 amide bonds. The van der Waals surface area contributed by atoms with Crippen molar-refractivity contribution >= 4 is 5.91 Å². The normalized spacial score (nSPS) is 27.6. The van der Waals surface area contributed by atoms with Crippen LogP contribution in [0.1, 0.15) is 41.8 Å². The Morgan fingerprint density at radius 1 is 1.22 bits per heavy atom. The maximum Gasteiger partial charge on any atom is 0.254 e. The average Bonchev–Trinajstić information content (AvgIpc) is 3.31. The third-order valence-corrected chi connectivity index (χ3v) is 6.27. The van der Waals surface area contributed by atoms with Gasteiger partial charge >= 0.3 is 0 Å². The summed E-state index contributed by atoms with van der Waals surface area (Å²) < 4.78 is 17.3. The van der Waals surface area contributed by atoms with Crippen LogP contribution >= 0.6 is 0 Å². The Hall–Kier alpha value is -2.11. The Labute approximate surface area is 160 Å². The van der Waals surface area contributed by atoms with Gasteiger partial charge in [-0.2, -0.15) is 0 Å². The molecule has 2 aliphatic rings. The van der Waals surface area contributed by atoms with Crippen LogP contribution in [0.3, 0.4) is 0 Å². The van der Waals surface area contributed by atoms with Gasteiger partial charge in [0.1, 0.15) is 11.5 Å². The SMILES string of the molecule is CO[C@@H]1CC[C@@]2(OC)CCN(C(=O)c3cccc(-c4ccc(C)o4)c3)[C@H]2C1. The van der Waals surface area contributed by atoms with Gasteiger partial charge in [0, 0.05) is 31.9 Å². The van der Waals surface area contributed by atoms with Gasteiger partial charge in [0.2, 0.25) is 0 Å². The maximum absolute atomic E-state index is 13.3. The summed E-state index contributed by atoms with van der Waals surface area (Å²) in [6.07, 6.45) is 3.81. The predicted molar refractivity (Wildman–Crippen MR) is 103 cm³/mol. The number of aryl methyl sites for hydroxylation is 1. The van der Waals surface area contributed by atoms with Gasteiger partial charge in [-0.05, 0) is 56.9 Å². The molecule has 0 bridgehead atoms. The molecule has 0 radical (unpaired) electrons. The van der Waals surface area contributed by atoms with E-state index in [9.17, 15) is 4.79 Å². The van der Waals surface area contributed by atoms with Crippen LogP contribution < -0.4 is 0 Å². The molecule has 27 heavy (non-hydrogen) atoms. The largest absolute Gasteiger partial charge is 0.461 e. The van der Waals surface area contributed by atoms with Crippen molar-refractivity contribution < 1.29 is 18.7 Å². The molecule has 2 aromatic rings. The van der Waals surface area contributed by atoms with E-state index in [0.717, 1.165) is 49.3 Å². The molecule has 0 unspecified atom stereocenters. The number of hydrogen-bond donors (Lipinski definition) is 0. The van der Waals surface area contributed by atoms with Crippen LogP contribution in [0, 0.1) is 6.92 Å². The van der Waals surface area contributed by atoms with Gasteiger partial charge in [-0.25, -0.2) is 0 Å². The zero-order chi connectivity index (χ0) is 19.0. The highest BCUT2D eigenvalue weighted by atomic mass is 16.5. The first-order valence-electron chi connectivity index (χ1n) is 9.62. The van der Waals surface area contributed by atoms with Gasteiger partial charge in [-0.15, -0.1) is 0 Å². The number of nitrogens with zero attached hydrogens (tertiary/aromatic N) is 1. The van der Waals surface area contributed by atoms with E-state index in [-0.39, 0.29) is 23.7 Å². The lowest BCUT2D eigenvalue weighted by atomic mass is 9.79. The molecule has 2 fully saturated rings. The van der Waals surface area contributed by atoms with Crippen molar-refractivity contribution in [1.29, 1.82) is 0 Å². The molecule has 1 saturated heterocycles. The number of benzene rings is 1. The number of likely N-dealkylation sites (tertiary alicyclic amines) is 1. The van der Waals surface area contributed by atoms with Crippen molar-refractivity contribution in [3.63, 3.8) is 0 Å². The summed E-state index contributed by atoms with van der Waals surface area (Å²) in [5, 5.41) is 0. The van der Waals surface area contributed by atoms with E-state index < -0.39 is 0 Å². The number of fused-ring (bicyclic) bond motifs is 1. The first kappa shape index (κ1) is 18.3. The molecule has 1 aromatic heterocycles. The van der Waals surface area contributed by atoms with E-state index in [4.69, 9.17) is 13.9 Å². The number of rotatable bonds is 4. The number of carbonyl (C=O) groups is 1. The second kappa shape index (κ2) is 7.13. The second-order valence-corrected chi connectivity index (χ2v) is 7.66. The van der Waals surface area contributed by atoms with Crippen LogP contribution in [0.2, 0.25) is 0 Å². The molecule has 0 N–H and O–H groups in total. The van der Waals surface area contributed by atoms with Crippen molar-refractivity contribution in [2.24, 2.45) is 0 Å². The number of hydrogen-bond acceptors (Lipinski definition) is 4. The molecule has 1 aliphatic heterocycles. The Morgan fingerprint density at radius 2 is 2.07 bits per heavy atom. The monoisotopic (exact) mass is 369 g/mol. The molecule has 5 heteroatoms. The molecule has 0 spiro atoms. The molecule has 1 saturated carbocycles. The Kier molecular flexibility index (Phi) is 4.82. The fourth-order valence-electron chi connectivity index (χ4n) is 4.68. The smallest absolute Gasteiger partial charge is 0.254 e. The van der Waals surface area contributed by atoms with E-state index >= 15 is 0 Å². The van der Waals surface area contributed by atoms with Gasteiger partial charge in [-0.1, -0.05) is 12.1 Å². The predicted octanol–water partition coefficient (Wildman–Crippen LogP) is 4.05. The standard InChI is InChI=1S/C22H27NO4/c1-15-7-8-19(27-15)16-5-4-6-17(13-16)21(24)23-12-11-22(26-3)10-9-18(25-2)14-20(22)23/h4-8,13,18,20H,9-12,14H2,1-3H3/t18-,20+,22-/m1/s1. The zero-order valence-corrected chi connectivity index (χ0v) is 16.2. The minimum absolute atomic E-state index is 0.0563. The number of amides is 1. The van der Waals surface area contributed by atoms with Gasteiger partial charge in [0.15, 0.2) is 0 Å². The van der Waals surface area contributed by atoms with Crippen LogP contribution in [0.25, 0.3) is 11.3 Å². The summed E-state index contributed by atoms with van der Waals surface area (Å²) in [6, 6.07) is 11.6. The van der Waals surface area contributed by atoms with Crippen LogP contribution in [0.4, 0.5) is 0 Å². The van der Waals surface area contributed by atoms with Crippen LogP contribution in [0.15, 0.2) is 40.8 Å². The second-order valence-electron chi connectivity index (χ2n) is 7.66. The van der Waals surface area contributed by atoms with Gasteiger partial charge in [0.25, 0.3) is 5.91 Å². The molecule has 5 nitrogen and oxygen atoms in total. The van der Waals surface area contributed by atoms with E-state index in [1.54, 1.807) is 14.2 Å². The van der Waals surface area contributed by atoms with Gasteiger partial charge in [0.05, 0.1) is 17.7 Å². The molecule has 1 aliphatic carbocycles. The van der Waals surface area contributed by atoms with E-state index in [0.29, 0.717) is 5.56 Å². The number of methoxy groups -OCH3 is 2. The zero-order valence-electron chi connectivity index (χ0n) is 16.2. The summed E-state index contributed by atoms with van der Waals surface area (Å²) in [4.78, 5) is 15.3.